The summed E-state index contributed by atoms with van der Waals surface area (Å²) in [7, 11) is -3.62. The molecule has 1 aromatic carbocycles. The monoisotopic (exact) mass is 355 g/mol. The lowest BCUT2D eigenvalue weighted by molar-refractivity contribution is 0.597. The second-order valence-electron chi connectivity index (χ2n) is 4.24. The molecule has 1 heterocycles. The molecule has 0 aliphatic heterocycles. The van der Waals surface area contributed by atoms with E-state index in [1.165, 1.54) is 12.1 Å². The number of aromatic nitrogens is 1. The van der Waals surface area contributed by atoms with Gasteiger partial charge in [0.15, 0.2) is 0 Å². The Hall–Kier alpha value is -1.28. The highest BCUT2D eigenvalue weighted by Crippen LogP contribution is 2.09. The number of pyridine rings is 1. The summed E-state index contributed by atoms with van der Waals surface area (Å²) in [5, 5.41) is 8.28. The molecule has 0 saturated carbocycles. The Morgan fingerprint density at radius 1 is 1.10 bits per heavy atom. The van der Waals surface area contributed by atoms with Crippen LogP contribution in [0.4, 0.5) is 0 Å². The molecule has 0 unspecified atom stereocenters. The van der Waals surface area contributed by atoms with Crippen LogP contribution >= 0.6 is 15.9 Å². The Balaban J connectivity index is 1.92. The molecule has 106 valence electrons. The summed E-state index contributed by atoms with van der Waals surface area (Å²) < 4.78 is 23.0. The Kier molecular flexibility index (Phi) is 4.87. The van der Waals surface area contributed by atoms with Crippen LogP contribution in [0.25, 0.3) is 0 Å². The number of benzene rings is 1. The van der Waals surface area contributed by atoms with Gasteiger partial charge >= 0.3 is 0 Å². The summed E-state index contributed by atoms with van der Waals surface area (Å²) >= 11 is 3.32. The van der Waals surface area contributed by atoms with E-state index in [1.54, 1.807) is 12.1 Å². The first kappa shape index (κ1) is 15.1. The predicted octanol–water partition coefficient (Wildman–Crippen LogP) is 1.78. The van der Waals surface area contributed by atoms with Crippen molar-refractivity contribution in [1.82, 2.24) is 10.3 Å². The number of sulfonamides is 1. The van der Waals surface area contributed by atoms with Gasteiger partial charge in [0.2, 0.25) is 10.0 Å². The standard InChI is InChI=1S/C13H14BrN3O2S/c14-13-3-1-2-11(17-13)9-16-8-10-4-6-12(7-5-10)20(15,18)19/h1-7,16H,8-9H2,(H2,15,18,19). The van der Waals surface area contributed by atoms with Gasteiger partial charge in [-0.3, -0.25) is 0 Å². The number of nitrogens with zero attached hydrogens (tertiary/aromatic N) is 1. The second-order valence-corrected chi connectivity index (χ2v) is 6.62. The Bertz CT molecular complexity index is 687. The minimum absolute atomic E-state index is 0.120. The molecule has 7 heteroatoms. The Labute approximate surface area is 126 Å². The highest BCUT2D eigenvalue weighted by atomic mass is 79.9. The van der Waals surface area contributed by atoms with Gasteiger partial charge in [0.1, 0.15) is 4.60 Å². The molecular weight excluding hydrogens is 342 g/mol. The summed E-state index contributed by atoms with van der Waals surface area (Å²) in [6, 6.07) is 12.2. The topological polar surface area (TPSA) is 85.1 Å². The van der Waals surface area contributed by atoms with Gasteiger partial charge < -0.3 is 5.32 Å². The third-order valence-electron chi connectivity index (χ3n) is 2.66. The molecule has 0 atom stereocenters. The van der Waals surface area contributed by atoms with Crippen molar-refractivity contribution in [2.75, 3.05) is 0 Å². The second kappa shape index (κ2) is 6.45. The summed E-state index contributed by atoms with van der Waals surface area (Å²) in [4.78, 5) is 4.43. The summed E-state index contributed by atoms with van der Waals surface area (Å²) in [6.07, 6.45) is 0. The predicted molar refractivity (Wildman–Crippen MR) is 80.3 cm³/mol. The van der Waals surface area contributed by atoms with E-state index in [0.29, 0.717) is 13.1 Å². The van der Waals surface area contributed by atoms with E-state index in [2.05, 4.69) is 26.2 Å². The fourth-order valence-corrected chi connectivity index (χ4v) is 2.58. The average molecular weight is 356 g/mol. The molecule has 0 saturated heterocycles. The molecule has 2 aromatic rings. The van der Waals surface area contributed by atoms with Crippen molar-refractivity contribution in [3.05, 3.63) is 58.3 Å². The molecule has 0 radical (unpaired) electrons. The zero-order valence-electron chi connectivity index (χ0n) is 10.6. The first-order chi connectivity index (χ1) is 9.45. The SMILES string of the molecule is NS(=O)(=O)c1ccc(CNCc2cccc(Br)n2)cc1. The van der Waals surface area contributed by atoms with Crippen LogP contribution < -0.4 is 10.5 Å². The maximum atomic E-state index is 11.1. The zero-order chi connectivity index (χ0) is 14.6. The lowest BCUT2D eigenvalue weighted by Crippen LogP contribution is -2.14. The van der Waals surface area contributed by atoms with Crippen molar-refractivity contribution < 1.29 is 8.42 Å². The zero-order valence-corrected chi connectivity index (χ0v) is 13.0. The van der Waals surface area contributed by atoms with Crippen LogP contribution in [0.3, 0.4) is 0 Å². The summed E-state index contributed by atoms with van der Waals surface area (Å²) in [5.74, 6) is 0. The molecule has 0 aliphatic rings. The molecule has 2 rings (SSSR count). The molecule has 0 spiro atoms. The number of halogens is 1. The molecular formula is C13H14BrN3O2S. The first-order valence-electron chi connectivity index (χ1n) is 5.89. The Morgan fingerprint density at radius 2 is 1.80 bits per heavy atom. The maximum absolute atomic E-state index is 11.1. The molecule has 1 aromatic heterocycles. The molecule has 20 heavy (non-hydrogen) atoms. The lowest BCUT2D eigenvalue weighted by Gasteiger charge is -2.06. The van der Waals surface area contributed by atoms with Gasteiger partial charge in [-0.15, -0.1) is 0 Å². The molecule has 0 aliphatic carbocycles. The van der Waals surface area contributed by atoms with Crippen molar-refractivity contribution in [3.63, 3.8) is 0 Å². The number of hydrogen-bond donors (Lipinski definition) is 2. The molecule has 3 N–H and O–H groups in total. The van der Waals surface area contributed by atoms with Crippen LogP contribution in [0.15, 0.2) is 52.0 Å². The fourth-order valence-electron chi connectivity index (χ4n) is 1.68. The van der Waals surface area contributed by atoms with E-state index in [-0.39, 0.29) is 4.90 Å². The number of rotatable bonds is 5. The van der Waals surface area contributed by atoms with Crippen LogP contribution in [-0.4, -0.2) is 13.4 Å². The maximum Gasteiger partial charge on any atom is 0.238 e. The van der Waals surface area contributed by atoms with Gasteiger partial charge in [-0.1, -0.05) is 18.2 Å². The van der Waals surface area contributed by atoms with E-state index in [1.807, 2.05) is 18.2 Å². The van der Waals surface area contributed by atoms with E-state index >= 15 is 0 Å². The van der Waals surface area contributed by atoms with E-state index in [0.717, 1.165) is 15.9 Å². The number of hydrogen-bond acceptors (Lipinski definition) is 4. The molecule has 5 nitrogen and oxygen atoms in total. The number of nitrogens with one attached hydrogen (secondary N) is 1. The first-order valence-corrected chi connectivity index (χ1v) is 8.23. The van der Waals surface area contributed by atoms with Crippen LogP contribution in [0.2, 0.25) is 0 Å². The van der Waals surface area contributed by atoms with E-state index in [9.17, 15) is 8.42 Å². The quantitative estimate of drug-likeness (QED) is 0.800. The van der Waals surface area contributed by atoms with Crippen molar-refractivity contribution >= 4 is 26.0 Å². The smallest absolute Gasteiger partial charge is 0.238 e. The van der Waals surface area contributed by atoms with Crippen molar-refractivity contribution in [3.8, 4) is 0 Å². The number of nitrogens with two attached hydrogens (primary N) is 1. The van der Waals surface area contributed by atoms with Crippen molar-refractivity contribution in [2.24, 2.45) is 5.14 Å². The minimum Gasteiger partial charge on any atom is -0.307 e. The van der Waals surface area contributed by atoms with Crippen molar-refractivity contribution in [1.29, 1.82) is 0 Å². The molecule has 0 bridgehead atoms. The fraction of sp³-hybridized carbons (Fsp3) is 0.154. The Morgan fingerprint density at radius 3 is 2.40 bits per heavy atom. The van der Waals surface area contributed by atoms with Gasteiger partial charge in [0.05, 0.1) is 10.6 Å². The van der Waals surface area contributed by atoms with Gasteiger partial charge in [0, 0.05) is 13.1 Å². The summed E-state index contributed by atoms with van der Waals surface area (Å²) in [6.45, 7) is 1.26. The summed E-state index contributed by atoms with van der Waals surface area (Å²) in [5.41, 5.74) is 1.91. The van der Waals surface area contributed by atoms with Crippen LogP contribution in [0, 0.1) is 0 Å². The molecule has 0 fully saturated rings. The third kappa shape index (κ3) is 4.38. The van der Waals surface area contributed by atoms with Gasteiger partial charge in [-0.05, 0) is 45.8 Å². The molecule has 0 amide bonds. The van der Waals surface area contributed by atoms with Gasteiger partial charge in [0.25, 0.3) is 0 Å². The highest BCUT2D eigenvalue weighted by molar-refractivity contribution is 9.10. The van der Waals surface area contributed by atoms with E-state index < -0.39 is 10.0 Å². The minimum atomic E-state index is -3.62. The lowest BCUT2D eigenvalue weighted by atomic mass is 10.2. The average Bonchev–Trinajstić information content (AvgIpc) is 2.38. The largest absolute Gasteiger partial charge is 0.307 e. The highest BCUT2D eigenvalue weighted by Gasteiger charge is 2.06. The van der Waals surface area contributed by atoms with Crippen molar-refractivity contribution in [2.45, 2.75) is 18.0 Å². The van der Waals surface area contributed by atoms with Gasteiger partial charge in [-0.2, -0.15) is 0 Å². The van der Waals surface area contributed by atoms with Crippen LogP contribution in [0.1, 0.15) is 11.3 Å². The van der Waals surface area contributed by atoms with E-state index in [4.69, 9.17) is 5.14 Å². The van der Waals surface area contributed by atoms with Gasteiger partial charge in [-0.25, -0.2) is 18.5 Å². The number of primary sulfonamides is 1. The van der Waals surface area contributed by atoms with Crippen LogP contribution in [0.5, 0.6) is 0 Å². The normalized spacial score (nSPS) is 11.5. The van der Waals surface area contributed by atoms with Crippen LogP contribution in [-0.2, 0) is 23.1 Å². The third-order valence-corrected chi connectivity index (χ3v) is 4.03.